The van der Waals surface area contributed by atoms with Crippen molar-refractivity contribution in [3.8, 4) is 5.75 Å². The van der Waals surface area contributed by atoms with Crippen LogP contribution in [-0.2, 0) is 16.0 Å². The molecule has 2 aliphatic rings. The molecule has 0 saturated carbocycles. The fraction of sp³-hybridized carbons (Fsp3) is 0.458. The number of methoxy groups -OCH3 is 1. The molecule has 4 rings (SSSR count). The van der Waals surface area contributed by atoms with Gasteiger partial charge in [0.1, 0.15) is 5.75 Å². The lowest BCUT2D eigenvalue weighted by atomic mass is 9.81. The van der Waals surface area contributed by atoms with E-state index in [1.165, 1.54) is 0 Å². The lowest BCUT2D eigenvalue weighted by Crippen LogP contribution is -2.52. The summed E-state index contributed by atoms with van der Waals surface area (Å²) < 4.78 is 11.9. The quantitative estimate of drug-likeness (QED) is 0.861. The number of aliphatic hydroxyl groups excluding tert-OH is 1. The van der Waals surface area contributed by atoms with E-state index in [4.69, 9.17) is 9.47 Å². The number of hydrogen-bond acceptors (Lipinski definition) is 4. The van der Waals surface area contributed by atoms with Crippen molar-refractivity contribution in [3.63, 3.8) is 0 Å². The summed E-state index contributed by atoms with van der Waals surface area (Å²) in [6.07, 6.45) is 2.66. The third kappa shape index (κ3) is 4.46. The normalized spacial score (nSPS) is 23.7. The number of amides is 1. The van der Waals surface area contributed by atoms with Gasteiger partial charge in [0.15, 0.2) is 0 Å². The molecule has 2 aromatic rings. The molecule has 2 saturated heterocycles. The second-order valence-electron chi connectivity index (χ2n) is 8.16. The summed E-state index contributed by atoms with van der Waals surface area (Å²) in [6, 6.07) is 17.8. The number of carbonyl (C=O) groups excluding carboxylic acids is 1. The Balaban J connectivity index is 1.39. The van der Waals surface area contributed by atoms with Gasteiger partial charge in [-0.1, -0.05) is 48.5 Å². The summed E-state index contributed by atoms with van der Waals surface area (Å²) in [6.45, 7) is 1.31. The summed E-state index contributed by atoms with van der Waals surface area (Å²) in [5, 5.41) is 10.5. The molecule has 2 aliphatic heterocycles. The van der Waals surface area contributed by atoms with Crippen molar-refractivity contribution in [1.29, 1.82) is 0 Å². The Bertz CT molecular complexity index is 830. The number of rotatable bonds is 4. The van der Waals surface area contributed by atoms with Gasteiger partial charge in [0.2, 0.25) is 5.91 Å². The molecule has 5 heteroatoms. The molecule has 2 aromatic carbocycles. The summed E-state index contributed by atoms with van der Waals surface area (Å²) in [7, 11) is 1.63. The van der Waals surface area contributed by atoms with Crippen molar-refractivity contribution in [1.82, 2.24) is 4.90 Å². The van der Waals surface area contributed by atoms with Crippen molar-refractivity contribution in [2.75, 3.05) is 20.2 Å². The number of aliphatic hydroxyl groups is 1. The number of benzene rings is 2. The summed E-state index contributed by atoms with van der Waals surface area (Å²) in [4.78, 5) is 14.8. The maximum Gasteiger partial charge on any atom is 0.227 e. The van der Waals surface area contributed by atoms with Gasteiger partial charge in [-0.15, -0.1) is 0 Å². The minimum absolute atomic E-state index is 0.0872. The topological polar surface area (TPSA) is 59.0 Å². The van der Waals surface area contributed by atoms with Crippen LogP contribution in [0.3, 0.4) is 0 Å². The number of carbonyl (C=O) groups is 1. The fourth-order valence-corrected chi connectivity index (χ4v) is 4.64. The van der Waals surface area contributed by atoms with Crippen molar-refractivity contribution >= 4 is 5.91 Å². The third-order valence-electron chi connectivity index (χ3n) is 6.22. The Morgan fingerprint density at radius 3 is 2.55 bits per heavy atom. The van der Waals surface area contributed by atoms with Gasteiger partial charge >= 0.3 is 0 Å². The molecular formula is C24H29NO4. The Morgan fingerprint density at radius 1 is 1.14 bits per heavy atom. The lowest BCUT2D eigenvalue weighted by Gasteiger charge is -2.48. The van der Waals surface area contributed by atoms with Gasteiger partial charge < -0.3 is 19.5 Å². The molecule has 2 heterocycles. The van der Waals surface area contributed by atoms with Crippen LogP contribution in [0.15, 0.2) is 54.6 Å². The van der Waals surface area contributed by atoms with E-state index in [1.54, 1.807) is 7.11 Å². The molecule has 1 spiro atoms. The molecule has 0 aromatic heterocycles. The average molecular weight is 395 g/mol. The molecule has 0 radical (unpaired) electrons. The molecule has 0 unspecified atom stereocenters. The first-order chi connectivity index (χ1) is 14.1. The standard InChI is InChI=1S/C24H29NO4/c1-28-21-10-6-5-9-19(21)15-23(27)25-13-11-24(12-14-25)17-20(26)16-22(29-24)18-7-3-2-4-8-18/h2-10,20,22,26H,11-17H2,1H3/t20-,22+/m0/s1. The molecule has 0 aliphatic carbocycles. The third-order valence-corrected chi connectivity index (χ3v) is 6.22. The van der Waals surface area contributed by atoms with Gasteiger partial charge in [-0.2, -0.15) is 0 Å². The van der Waals surface area contributed by atoms with E-state index in [2.05, 4.69) is 12.1 Å². The maximum absolute atomic E-state index is 12.8. The zero-order valence-corrected chi connectivity index (χ0v) is 16.9. The van der Waals surface area contributed by atoms with Gasteiger partial charge in [-0.3, -0.25) is 4.79 Å². The Kier molecular flexibility index (Phi) is 5.88. The second kappa shape index (κ2) is 8.56. The first kappa shape index (κ1) is 19.9. The molecule has 2 fully saturated rings. The van der Waals surface area contributed by atoms with Gasteiger partial charge in [0.05, 0.1) is 31.3 Å². The van der Waals surface area contributed by atoms with Crippen molar-refractivity contribution in [2.45, 2.75) is 49.9 Å². The van der Waals surface area contributed by atoms with Crippen LogP contribution in [0.25, 0.3) is 0 Å². The molecule has 154 valence electrons. The van der Waals surface area contributed by atoms with E-state index >= 15 is 0 Å². The molecule has 5 nitrogen and oxygen atoms in total. The van der Waals surface area contributed by atoms with E-state index in [9.17, 15) is 9.90 Å². The van der Waals surface area contributed by atoms with Crippen LogP contribution in [0.5, 0.6) is 5.75 Å². The zero-order chi connectivity index (χ0) is 20.3. The Labute approximate surface area is 172 Å². The molecule has 0 bridgehead atoms. The first-order valence-corrected chi connectivity index (χ1v) is 10.4. The number of ether oxygens (including phenoxy) is 2. The smallest absolute Gasteiger partial charge is 0.227 e. The van der Waals surface area contributed by atoms with Crippen molar-refractivity contribution in [2.24, 2.45) is 0 Å². The number of nitrogens with zero attached hydrogens (tertiary/aromatic N) is 1. The van der Waals surface area contributed by atoms with Crippen LogP contribution in [0.1, 0.15) is 42.9 Å². The largest absolute Gasteiger partial charge is 0.496 e. The average Bonchev–Trinajstić information content (AvgIpc) is 2.74. The van der Waals surface area contributed by atoms with Crippen LogP contribution < -0.4 is 4.74 Å². The van der Waals surface area contributed by atoms with E-state index in [0.717, 1.165) is 29.7 Å². The monoisotopic (exact) mass is 395 g/mol. The van der Waals surface area contributed by atoms with E-state index in [-0.39, 0.29) is 23.7 Å². The minimum Gasteiger partial charge on any atom is -0.496 e. The highest BCUT2D eigenvalue weighted by Gasteiger charge is 2.44. The number of hydrogen-bond donors (Lipinski definition) is 1. The molecule has 2 atom stereocenters. The molecule has 1 N–H and O–H groups in total. The van der Waals surface area contributed by atoms with Crippen LogP contribution in [0.2, 0.25) is 0 Å². The highest BCUT2D eigenvalue weighted by Crippen LogP contribution is 2.43. The first-order valence-electron chi connectivity index (χ1n) is 10.4. The minimum atomic E-state index is -0.371. The van der Waals surface area contributed by atoms with E-state index in [1.807, 2.05) is 47.4 Å². The Morgan fingerprint density at radius 2 is 1.83 bits per heavy atom. The Hall–Kier alpha value is -2.37. The van der Waals surface area contributed by atoms with Crippen LogP contribution >= 0.6 is 0 Å². The predicted octanol–water partition coefficient (Wildman–Crippen LogP) is 3.51. The number of piperidine rings is 1. The van der Waals surface area contributed by atoms with Gasteiger partial charge in [-0.05, 0) is 24.5 Å². The molecule has 1 amide bonds. The SMILES string of the molecule is COc1ccccc1CC(=O)N1CCC2(CC1)C[C@@H](O)C[C@H](c1ccccc1)O2. The van der Waals surface area contributed by atoms with Crippen LogP contribution in [0.4, 0.5) is 0 Å². The van der Waals surface area contributed by atoms with Gasteiger partial charge in [0.25, 0.3) is 0 Å². The highest BCUT2D eigenvalue weighted by molar-refractivity contribution is 5.79. The second-order valence-corrected chi connectivity index (χ2v) is 8.16. The van der Waals surface area contributed by atoms with Crippen molar-refractivity contribution < 1.29 is 19.4 Å². The van der Waals surface area contributed by atoms with Gasteiger partial charge in [0, 0.05) is 31.5 Å². The summed E-state index contributed by atoms with van der Waals surface area (Å²) >= 11 is 0. The number of likely N-dealkylation sites (tertiary alicyclic amines) is 1. The van der Waals surface area contributed by atoms with Gasteiger partial charge in [-0.25, -0.2) is 0 Å². The van der Waals surface area contributed by atoms with E-state index in [0.29, 0.717) is 32.4 Å². The summed E-state index contributed by atoms with van der Waals surface area (Å²) in [5.41, 5.74) is 1.67. The highest BCUT2D eigenvalue weighted by atomic mass is 16.5. The number of para-hydroxylation sites is 1. The van der Waals surface area contributed by atoms with E-state index < -0.39 is 0 Å². The van der Waals surface area contributed by atoms with Crippen LogP contribution in [0, 0.1) is 0 Å². The van der Waals surface area contributed by atoms with Crippen molar-refractivity contribution in [3.05, 3.63) is 65.7 Å². The lowest BCUT2D eigenvalue weighted by molar-refractivity contribution is -0.185. The molecule has 29 heavy (non-hydrogen) atoms. The van der Waals surface area contributed by atoms with Crippen LogP contribution in [-0.4, -0.2) is 47.8 Å². The maximum atomic E-state index is 12.8. The summed E-state index contributed by atoms with van der Waals surface area (Å²) in [5.74, 6) is 0.860. The fourth-order valence-electron chi connectivity index (χ4n) is 4.64. The predicted molar refractivity (Wildman–Crippen MR) is 111 cm³/mol. The zero-order valence-electron chi connectivity index (χ0n) is 16.9. The molecular weight excluding hydrogens is 366 g/mol.